The highest BCUT2D eigenvalue weighted by Gasteiger charge is 2.12. The molecule has 0 saturated carbocycles. The zero-order chi connectivity index (χ0) is 7.40. The summed E-state index contributed by atoms with van der Waals surface area (Å²) in [7, 11) is -0.103. The molecule has 2 nitrogen and oxygen atoms in total. The second-order valence-electron chi connectivity index (χ2n) is 3.02. The van der Waals surface area contributed by atoms with Crippen molar-refractivity contribution in [2.24, 2.45) is 5.92 Å². The Morgan fingerprint density at radius 2 is 2.50 bits per heavy atom. The monoisotopic (exact) mass is 160 g/mol. The second-order valence-corrected chi connectivity index (χ2v) is 4.62. The molecule has 3 heteroatoms. The summed E-state index contributed by atoms with van der Waals surface area (Å²) in [6.45, 7) is 2.34. The molecule has 1 aliphatic rings. The van der Waals surface area contributed by atoms with E-state index in [1.54, 1.807) is 0 Å². The van der Waals surface area contributed by atoms with Crippen LogP contribution >= 0.6 is 0 Å². The summed E-state index contributed by atoms with van der Waals surface area (Å²) in [4.78, 5) is 0. The van der Waals surface area contributed by atoms with E-state index in [0.29, 0.717) is 0 Å². The van der Waals surface area contributed by atoms with Crippen LogP contribution in [0.2, 0.25) is 0 Å². The van der Waals surface area contributed by atoms with E-state index in [2.05, 4.69) is 5.32 Å². The van der Waals surface area contributed by atoms with Crippen LogP contribution in [0.3, 0.4) is 0 Å². The van der Waals surface area contributed by atoms with Crippen molar-refractivity contribution in [3.05, 3.63) is 0 Å². The smallest absolute Gasteiger partial charge is 0.00762 e. The maximum absolute atomic E-state index is 7.41. The fraction of sp³-hybridized carbons (Fsp3) is 1.00. The Hall–Kier alpha value is 0.110. The maximum Gasteiger partial charge on any atom is 0.00762 e. The standard InChI is InChI=1S/C7H16N2S/c1-10(8)6-7-3-2-4-9-5-7/h7-9H,2-6H2,1H3. The van der Waals surface area contributed by atoms with E-state index in [1.807, 2.05) is 6.26 Å². The summed E-state index contributed by atoms with van der Waals surface area (Å²) in [5, 5.41) is 3.36. The molecule has 1 heterocycles. The SMILES string of the molecule is CS(=N)CC1CCCNC1. The molecule has 0 amide bonds. The average Bonchev–Trinajstić information content (AvgIpc) is 1.88. The summed E-state index contributed by atoms with van der Waals surface area (Å²) in [5.74, 6) is 1.90. The zero-order valence-corrected chi connectivity index (χ0v) is 7.34. The maximum atomic E-state index is 7.41. The molecule has 0 aromatic heterocycles. The Labute approximate surface area is 65.3 Å². The van der Waals surface area contributed by atoms with Gasteiger partial charge in [-0.15, -0.1) is 10.7 Å². The molecule has 1 rings (SSSR count). The Morgan fingerprint density at radius 3 is 3.00 bits per heavy atom. The van der Waals surface area contributed by atoms with E-state index in [-0.39, 0.29) is 10.7 Å². The van der Waals surface area contributed by atoms with Crippen LogP contribution in [0.25, 0.3) is 0 Å². The number of nitrogens with one attached hydrogen (secondary N) is 2. The molecule has 0 spiro atoms. The third kappa shape index (κ3) is 2.80. The molecule has 2 unspecified atom stereocenters. The highest BCUT2D eigenvalue weighted by Crippen LogP contribution is 2.10. The van der Waals surface area contributed by atoms with Crippen molar-refractivity contribution in [3.63, 3.8) is 0 Å². The van der Waals surface area contributed by atoms with E-state index in [4.69, 9.17) is 4.78 Å². The first-order valence-electron chi connectivity index (χ1n) is 3.83. The summed E-state index contributed by atoms with van der Waals surface area (Å²) < 4.78 is 7.41. The molecular weight excluding hydrogens is 144 g/mol. The van der Waals surface area contributed by atoms with Crippen molar-refractivity contribution in [1.29, 1.82) is 4.78 Å². The number of piperidine rings is 1. The third-order valence-corrected chi connectivity index (χ3v) is 2.86. The Kier molecular flexibility index (Phi) is 3.35. The normalized spacial score (nSPS) is 29.9. The molecule has 0 aromatic rings. The van der Waals surface area contributed by atoms with Gasteiger partial charge in [0.25, 0.3) is 0 Å². The Morgan fingerprint density at radius 1 is 1.70 bits per heavy atom. The lowest BCUT2D eigenvalue weighted by Gasteiger charge is -2.22. The van der Waals surface area contributed by atoms with Crippen molar-refractivity contribution >= 4 is 10.7 Å². The van der Waals surface area contributed by atoms with Crippen LogP contribution in [0, 0.1) is 10.7 Å². The van der Waals surface area contributed by atoms with Gasteiger partial charge in [-0.25, -0.2) is 0 Å². The van der Waals surface area contributed by atoms with Gasteiger partial charge in [0.1, 0.15) is 0 Å². The molecule has 1 aliphatic heterocycles. The minimum Gasteiger partial charge on any atom is -0.316 e. The van der Waals surface area contributed by atoms with Crippen molar-refractivity contribution in [3.8, 4) is 0 Å². The number of hydrogen-bond donors (Lipinski definition) is 2. The summed E-state index contributed by atoms with van der Waals surface area (Å²) in [6, 6.07) is 0. The quantitative estimate of drug-likeness (QED) is 0.621. The first-order valence-corrected chi connectivity index (χ1v) is 5.63. The first kappa shape index (κ1) is 8.21. The van der Waals surface area contributed by atoms with Gasteiger partial charge in [-0.2, -0.15) is 0 Å². The van der Waals surface area contributed by atoms with Crippen LogP contribution in [0.4, 0.5) is 0 Å². The largest absolute Gasteiger partial charge is 0.316 e. The Balaban J connectivity index is 2.19. The van der Waals surface area contributed by atoms with Crippen LogP contribution in [0.1, 0.15) is 12.8 Å². The van der Waals surface area contributed by atoms with E-state index in [9.17, 15) is 0 Å². The van der Waals surface area contributed by atoms with Crippen molar-refractivity contribution < 1.29 is 0 Å². The number of hydrogen-bond acceptors (Lipinski definition) is 2. The lowest BCUT2D eigenvalue weighted by Crippen LogP contribution is -2.32. The van der Waals surface area contributed by atoms with E-state index in [0.717, 1.165) is 18.2 Å². The van der Waals surface area contributed by atoms with Crippen molar-refractivity contribution in [1.82, 2.24) is 5.32 Å². The molecule has 1 saturated heterocycles. The van der Waals surface area contributed by atoms with Gasteiger partial charge in [-0.3, -0.25) is 4.78 Å². The summed E-state index contributed by atoms with van der Waals surface area (Å²) in [6.07, 6.45) is 4.65. The van der Waals surface area contributed by atoms with Gasteiger partial charge in [0, 0.05) is 5.75 Å². The molecule has 0 radical (unpaired) electrons. The lowest BCUT2D eigenvalue weighted by atomic mass is 10.0. The van der Waals surface area contributed by atoms with Crippen LogP contribution in [-0.4, -0.2) is 25.1 Å². The first-order chi connectivity index (χ1) is 4.79. The van der Waals surface area contributed by atoms with Crippen LogP contribution in [-0.2, 0) is 10.7 Å². The van der Waals surface area contributed by atoms with E-state index in [1.165, 1.54) is 19.4 Å². The summed E-state index contributed by atoms with van der Waals surface area (Å²) in [5.41, 5.74) is 0. The molecule has 10 heavy (non-hydrogen) atoms. The minimum absolute atomic E-state index is 0.103. The fourth-order valence-corrected chi connectivity index (χ4v) is 2.41. The molecule has 2 atom stereocenters. The predicted molar refractivity (Wildman–Crippen MR) is 46.5 cm³/mol. The van der Waals surface area contributed by atoms with Crippen LogP contribution in [0.15, 0.2) is 0 Å². The molecule has 1 fully saturated rings. The van der Waals surface area contributed by atoms with Crippen molar-refractivity contribution in [2.45, 2.75) is 12.8 Å². The molecule has 0 bridgehead atoms. The molecule has 60 valence electrons. The fourth-order valence-electron chi connectivity index (χ4n) is 1.42. The van der Waals surface area contributed by atoms with Gasteiger partial charge in [-0.05, 0) is 38.1 Å². The minimum atomic E-state index is -0.103. The van der Waals surface area contributed by atoms with E-state index < -0.39 is 0 Å². The molecule has 0 aromatic carbocycles. The van der Waals surface area contributed by atoms with Gasteiger partial charge >= 0.3 is 0 Å². The molecular formula is C7H16N2S. The lowest BCUT2D eigenvalue weighted by molar-refractivity contribution is 0.410. The highest BCUT2D eigenvalue weighted by atomic mass is 32.2. The van der Waals surface area contributed by atoms with E-state index >= 15 is 0 Å². The van der Waals surface area contributed by atoms with Gasteiger partial charge in [-0.1, -0.05) is 0 Å². The predicted octanol–water partition coefficient (Wildman–Crippen LogP) is 0.996. The highest BCUT2D eigenvalue weighted by molar-refractivity contribution is 7.85. The number of rotatable bonds is 2. The van der Waals surface area contributed by atoms with Gasteiger partial charge < -0.3 is 5.32 Å². The van der Waals surface area contributed by atoms with Crippen molar-refractivity contribution in [2.75, 3.05) is 25.1 Å². The van der Waals surface area contributed by atoms with Gasteiger partial charge in [0.15, 0.2) is 0 Å². The molecule has 0 aliphatic carbocycles. The average molecular weight is 160 g/mol. The van der Waals surface area contributed by atoms with Crippen LogP contribution < -0.4 is 5.32 Å². The topological polar surface area (TPSA) is 35.9 Å². The zero-order valence-electron chi connectivity index (χ0n) is 6.52. The summed E-state index contributed by atoms with van der Waals surface area (Å²) >= 11 is 0. The van der Waals surface area contributed by atoms with Crippen LogP contribution in [0.5, 0.6) is 0 Å². The third-order valence-electron chi connectivity index (χ3n) is 1.88. The Bertz CT molecular complexity index is 119. The molecule has 2 N–H and O–H groups in total. The van der Waals surface area contributed by atoms with Gasteiger partial charge in [0.2, 0.25) is 0 Å². The van der Waals surface area contributed by atoms with Gasteiger partial charge in [0.05, 0.1) is 0 Å². The second kappa shape index (κ2) is 4.09.